The molecule has 0 heterocycles. The normalized spacial score (nSPS) is 8.20. The van der Waals surface area contributed by atoms with Crippen molar-refractivity contribution in [3.63, 3.8) is 0 Å². The number of halogens is 2. The van der Waals surface area contributed by atoms with Crippen LogP contribution in [0.3, 0.4) is 0 Å². The van der Waals surface area contributed by atoms with E-state index in [4.69, 9.17) is 0 Å². The van der Waals surface area contributed by atoms with E-state index < -0.39 is 0 Å². The van der Waals surface area contributed by atoms with Gasteiger partial charge in [-0.15, -0.1) is 0 Å². The Morgan fingerprint density at radius 2 is 0.650 bits per heavy atom. The molecule has 0 N–H and O–H groups in total. The zero-order valence-corrected chi connectivity index (χ0v) is 18.2. The fourth-order valence-electron chi connectivity index (χ4n) is 1.68. The number of rotatable bonds is 12. The number of hydrogen-bond acceptors (Lipinski definition) is 0. The van der Waals surface area contributed by atoms with E-state index in [9.17, 15) is 0 Å². The average Bonchev–Trinajstić information content (AvgIpc) is 2.39. The van der Waals surface area contributed by atoms with Crippen molar-refractivity contribution in [2.24, 2.45) is 0 Å². The van der Waals surface area contributed by atoms with Crippen molar-refractivity contribution < 1.29 is 24.8 Å². The molecule has 0 saturated carbocycles. The Morgan fingerprint density at radius 3 is 0.800 bits per heavy atom. The molecule has 0 aromatic carbocycles. The Bertz CT molecular complexity index is 99.0. The minimum atomic E-state index is 0. The van der Waals surface area contributed by atoms with Crippen molar-refractivity contribution in [3.8, 4) is 0 Å². The van der Waals surface area contributed by atoms with Gasteiger partial charge in [0.15, 0.2) is 0 Å². The van der Waals surface area contributed by atoms with Crippen LogP contribution < -0.4 is 24.8 Å². The summed E-state index contributed by atoms with van der Waals surface area (Å²) in [5, 5.41) is 6.15. The van der Waals surface area contributed by atoms with E-state index in [1.807, 2.05) is 0 Å². The Morgan fingerprint density at radius 1 is 0.450 bits per heavy atom. The molecule has 0 aliphatic heterocycles. The molecule has 0 saturated heterocycles. The van der Waals surface area contributed by atoms with Gasteiger partial charge in [-0.3, -0.25) is 0 Å². The molecule has 0 aromatic heterocycles. The fraction of sp³-hybridized carbons (Fsp3) is 1.00. The van der Waals surface area contributed by atoms with Crippen LogP contribution in [-0.4, -0.2) is 30.4 Å². The van der Waals surface area contributed by atoms with Crippen LogP contribution in [0.2, 0.25) is 21.1 Å². The Hall–Kier alpha value is 1.64. The maximum Gasteiger partial charge on any atom is -1.00 e. The molecule has 0 aliphatic rings. The Kier molecular flexibility index (Phi) is 48.2. The van der Waals surface area contributed by atoms with Gasteiger partial charge in [0.2, 0.25) is 0 Å². The summed E-state index contributed by atoms with van der Waals surface area (Å²) in [5.41, 5.74) is 0. The van der Waals surface area contributed by atoms with Crippen LogP contribution in [0, 0.1) is 0 Å². The maximum absolute atomic E-state index is 2.28. The summed E-state index contributed by atoms with van der Waals surface area (Å²) in [6, 6.07) is 0. The first-order valence-electron chi connectivity index (χ1n) is 8.46. The maximum atomic E-state index is 2.28. The molecule has 120 valence electrons. The van der Waals surface area contributed by atoms with E-state index in [1.54, 1.807) is 0 Å². The zero-order chi connectivity index (χ0) is 13.9. The summed E-state index contributed by atoms with van der Waals surface area (Å²) in [6.07, 6.45) is 11.4. The second-order valence-corrected chi connectivity index (χ2v) is 8.61. The minimum Gasteiger partial charge on any atom is -1.00 e. The SMILES string of the molecule is CCC[CH2][Al+][CH2]CCC.CCC[CH2][Al+][CH2]CCC.[Cl-].[Cl-]. The van der Waals surface area contributed by atoms with E-state index in [0.29, 0.717) is 0 Å². The van der Waals surface area contributed by atoms with E-state index in [1.165, 1.54) is 72.5 Å². The van der Waals surface area contributed by atoms with Gasteiger partial charge in [-0.2, -0.15) is 0 Å². The van der Waals surface area contributed by atoms with Crippen LogP contribution in [0.5, 0.6) is 0 Å². The smallest absolute Gasteiger partial charge is 1.00 e. The van der Waals surface area contributed by atoms with Gasteiger partial charge in [-0.1, -0.05) is 0 Å². The van der Waals surface area contributed by atoms with Crippen molar-refractivity contribution in [1.29, 1.82) is 0 Å². The molecule has 0 aliphatic carbocycles. The number of unbranched alkanes of at least 4 members (excludes halogenated alkanes) is 4. The monoisotopic (exact) mass is 352 g/mol. The van der Waals surface area contributed by atoms with Crippen LogP contribution in [-0.2, 0) is 0 Å². The molecule has 0 aromatic rings. The molecule has 20 heavy (non-hydrogen) atoms. The third kappa shape index (κ3) is 36.7. The Labute approximate surface area is 154 Å². The molecule has 0 atom stereocenters. The van der Waals surface area contributed by atoms with Crippen LogP contribution >= 0.6 is 0 Å². The van der Waals surface area contributed by atoms with Crippen LogP contribution in [0.1, 0.15) is 79.1 Å². The summed E-state index contributed by atoms with van der Waals surface area (Å²) < 4.78 is 0. The first-order valence-corrected chi connectivity index (χ1v) is 11.7. The van der Waals surface area contributed by atoms with Crippen molar-refractivity contribution in [2.75, 3.05) is 0 Å². The predicted octanol–water partition coefficient (Wildman–Crippen LogP) is 0.263. The Balaban J connectivity index is -0.000000116. The third-order valence-corrected chi connectivity index (χ3v) is 6.31. The fourth-order valence-corrected chi connectivity index (χ4v) is 5.05. The van der Waals surface area contributed by atoms with Gasteiger partial charge >= 0.3 is 131 Å². The molecule has 0 unspecified atom stereocenters. The largest absolute Gasteiger partial charge is 1.00 e. The topological polar surface area (TPSA) is 0 Å². The van der Waals surface area contributed by atoms with Crippen molar-refractivity contribution in [3.05, 3.63) is 0 Å². The van der Waals surface area contributed by atoms with Crippen molar-refractivity contribution in [1.82, 2.24) is 0 Å². The molecular formula is C16H36Al2Cl2. The van der Waals surface area contributed by atoms with E-state index in [-0.39, 0.29) is 24.8 Å². The molecule has 0 fully saturated rings. The van der Waals surface area contributed by atoms with Gasteiger partial charge in [0.1, 0.15) is 0 Å². The summed E-state index contributed by atoms with van der Waals surface area (Å²) in [4.78, 5) is 0. The summed E-state index contributed by atoms with van der Waals surface area (Å²) >= 11 is 1.64. The van der Waals surface area contributed by atoms with Crippen molar-refractivity contribution in [2.45, 2.75) is 100 Å². The summed E-state index contributed by atoms with van der Waals surface area (Å²) in [5.74, 6) is 0. The van der Waals surface area contributed by atoms with Crippen LogP contribution in [0.25, 0.3) is 0 Å². The molecule has 0 amide bonds. The molecule has 4 heteroatoms. The first kappa shape index (κ1) is 29.6. The first-order chi connectivity index (χ1) is 8.83. The van der Waals surface area contributed by atoms with E-state index in [0.717, 1.165) is 30.4 Å². The van der Waals surface area contributed by atoms with Gasteiger partial charge in [-0.05, 0) is 0 Å². The molecular weight excluding hydrogens is 317 g/mol. The average molecular weight is 353 g/mol. The molecule has 0 spiro atoms. The predicted molar refractivity (Wildman–Crippen MR) is 90.4 cm³/mol. The van der Waals surface area contributed by atoms with Crippen LogP contribution in [0.4, 0.5) is 0 Å². The molecule has 0 nitrogen and oxygen atoms in total. The van der Waals surface area contributed by atoms with Gasteiger partial charge in [-0.25, -0.2) is 0 Å². The molecule has 0 bridgehead atoms. The summed E-state index contributed by atoms with van der Waals surface area (Å²) in [6.45, 7) is 9.11. The number of hydrogen-bond donors (Lipinski definition) is 0. The minimum absolute atomic E-state index is 0. The molecule has 0 radical (unpaired) electrons. The van der Waals surface area contributed by atoms with Gasteiger partial charge < -0.3 is 24.8 Å². The van der Waals surface area contributed by atoms with Gasteiger partial charge in [0, 0.05) is 0 Å². The second-order valence-electron chi connectivity index (χ2n) is 5.15. The van der Waals surface area contributed by atoms with Gasteiger partial charge in [0.05, 0.1) is 0 Å². The van der Waals surface area contributed by atoms with E-state index >= 15 is 0 Å². The van der Waals surface area contributed by atoms with Crippen LogP contribution in [0.15, 0.2) is 0 Å². The van der Waals surface area contributed by atoms with E-state index in [2.05, 4.69) is 27.7 Å². The zero-order valence-electron chi connectivity index (χ0n) is 14.4. The van der Waals surface area contributed by atoms with Gasteiger partial charge in [0.25, 0.3) is 0 Å². The second kappa shape index (κ2) is 32.6. The summed E-state index contributed by atoms with van der Waals surface area (Å²) in [7, 11) is 0. The van der Waals surface area contributed by atoms with Crippen molar-refractivity contribution >= 4 is 30.4 Å². The molecule has 0 rings (SSSR count). The standard InChI is InChI=1S/4C4H9.2Al.2ClH/c4*1-3-4-2;;;;/h4*1,3-4H2,2H3;;;2*1H/q;;;;2*+1;;/p-2. The third-order valence-electron chi connectivity index (χ3n) is 3.05. The quantitative estimate of drug-likeness (QED) is 0.349.